The van der Waals surface area contributed by atoms with E-state index in [1.807, 2.05) is 93.6 Å². The molecule has 0 aliphatic carbocycles. The maximum absolute atomic E-state index is 13.5. The minimum absolute atomic E-state index is 0.108. The van der Waals surface area contributed by atoms with E-state index in [2.05, 4.69) is 16.0 Å². The van der Waals surface area contributed by atoms with Gasteiger partial charge in [-0.05, 0) is 74.4 Å². The van der Waals surface area contributed by atoms with E-state index >= 15 is 0 Å². The Balaban J connectivity index is 1.50. The highest BCUT2D eigenvalue weighted by molar-refractivity contribution is 8.00. The fraction of sp³-hybridized carbons (Fsp3) is 0.171. The molecule has 1 atom stereocenters. The first-order chi connectivity index (χ1) is 20.9. The van der Waals surface area contributed by atoms with Crippen LogP contribution >= 0.6 is 11.8 Å². The monoisotopic (exact) mass is 593 g/mol. The van der Waals surface area contributed by atoms with E-state index in [1.54, 1.807) is 36.4 Å². The summed E-state index contributed by atoms with van der Waals surface area (Å²) in [6.07, 6.45) is 2.25. The van der Waals surface area contributed by atoms with Crippen molar-refractivity contribution in [1.29, 1.82) is 0 Å². The van der Waals surface area contributed by atoms with Crippen LogP contribution in [0.4, 0.5) is 11.4 Å². The summed E-state index contributed by atoms with van der Waals surface area (Å²) in [7, 11) is 0. The van der Waals surface area contributed by atoms with Gasteiger partial charge >= 0.3 is 0 Å². The number of para-hydroxylation sites is 2. The van der Waals surface area contributed by atoms with Crippen molar-refractivity contribution in [2.24, 2.45) is 0 Å². The lowest BCUT2D eigenvalue weighted by Crippen LogP contribution is -2.30. The second kappa shape index (κ2) is 15.4. The molecule has 4 rings (SSSR count). The fourth-order valence-corrected chi connectivity index (χ4v) is 5.28. The van der Waals surface area contributed by atoms with Gasteiger partial charge in [0.05, 0.1) is 17.5 Å². The summed E-state index contributed by atoms with van der Waals surface area (Å²) in [6.45, 7) is 6.31. The third-order valence-electron chi connectivity index (χ3n) is 6.36. The third kappa shape index (κ3) is 9.08. The van der Waals surface area contributed by atoms with Crippen molar-refractivity contribution in [3.05, 3.63) is 126 Å². The maximum Gasteiger partial charge on any atom is 0.272 e. The number of ether oxygens (including phenoxy) is 1. The molecule has 0 saturated heterocycles. The molecule has 8 heteroatoms. The summed E-state index contributed by atoms with van der Waals surface area (Å²) in [5.74, 6) is -0.371. The van der Waals surface area contributed by atoms with Crippen LogP contribution in [0.5, 0.6) is 5.75 Å². The van der Waals surface area contributed by atoms with Crippen LogP contribution in [0.15, 0.2) is 114 Å². The van der Waals surface area contributed by atoms with E-state index in [0.717, 1.165) is 16.0 Å². The van der Waals surface area contributed by atoms with Crippen molar-refractivity contribution in [3.8, 4) is 5.75 Å². The van der Waals surface area contributed by atoms with Crippen molar-refractivity contribution in [3.63, 3.8) is 0 Å². The number of aryl methyl sites for hydroxylation is 1. The molecule has 0 saturated carbocycles. The first-order valence-electron chi connectivity index (χ1n) is 14.1. The van der Waals surface area contributed by atoms with Gasteiger partial charge in [0.15, 0.2) is 0 Å². The second-order valence-corrected chi connectivity index (χ2v) is 11.0. The van der Waals surface area contributed by atoms with E-state index < -0.39 is 5.91 Å². The zero-order valence-corrected chi connectivity index (χ0v) is 25.2. The number of hydrogen-bond donors (Lipinski definition) is 3. The molecule has 0 fully saturated rings. The smallest absolute Gasteiger partial charge is 0.272 e. The van der Waals surface area contributed by atoms with E-state index in [-0.39, 0.29) is 22.8 Å². The fourth-order valence-electron chi connectivity index (χ4n) is 4.27. The van der Waals surface area contributed by atoms with Crippen molar-refractivity contribution >= 4 is 46.9 Å². The van der Waals surface area contributed by atoms with E-state index in [4.69, 9.17) is 4.74 Å². The largest absolute Gasteiger partial charge is 0.492 e. The molecule has 3 N–H and O–H groups in total. The summed E-state index contributed by atoms with van der Waals surface area (Å²) in [5.41, 5.74) is 3.53. The van der Waals surface area contributed by atoms with Crippen LogP contribution in [-0.2, 0) is 9.59 Å². The van der Waals surface area contributed by atoms with Gasteiger partial charge in [0.25, 0.3) is 11.8 Å². The van der Waals surface area contributed by atoms with E-state index in [9.17, 15) is 14.4 Å². The highest BCUT2D eigenvalue weighted by Gasteiger charge is 2.20. The van der Waals surface area contributed by atoms with Gasteiger partial charge in [0, 0.05) is 16.1 Å². The topological polar surface area (TPSA) is 96.5 Å². The Labute approximate surface area is 256 Å². The van der Waals surface area contributed by atoms with Crippen molar-refractivity contribution < 1.29 is 19.1 Å². The first-order valence-corrected chi connectivity index (χ1v) is 15.0. The summed E-state index contributed by atoms with van der Waals surface area (Å²) in [6, 6.07) is 31.0. The van der Waals surface area contributed by atoms with Crippen LogP contribution in [0, 0.1) is 6.92 Å². The highest BCUT2D eigenvalue weighted by atomic mass is 32.2. The van der Waals surface area contributed by atoms with Crippen LogP contribution in [0.1, 0.15) is 41.8 Å². The predicted octanol–water partition coefficient (Wildman–Crippen LogP) is 7.31. The molecule has 0 aliphatic rings. The molecule has 0 spiro atoms. The van der Waals surface area contributed by atoms with Crippen LogP contribution in [0.2, 0.25) is 0 Å². The third-order valence-corrected chi connectivity index (χ3v) is 7.72. The van der Waals surface area contributed by atoms with Gasteiger partial charge in [0.1, 0.15) is 11.4 Å². The summed E-state index contributed by atoms with van der Waals surface area (Å²) in [5, 5.41) is 8.29. The number of thioether (sulfide) groups is 1. The van der Waals surface area contributed by atoms with Gasteiger partial charge in [-0.1, -0.05) is 73.2 Å². The second-order valence-electron chi connectivity index (χ2n) is 9.71. The Morgan fingerprint density at radius 3 is 2.33 bits per heavy atom. The van der Waals surface area contributed by atoms with Gasteiger partial charge in [-0.2, -0.15) is 0 Å². The normalized spacial score (nSPS) is 11.7. The average Bonchev–Trinajstić information content (AvgIpc) is 3.01. The molecule has 0 radical (unpaired) electrons. The summed E-state index contributed by atoms with van der Waals surface area (Å²) in [4.78, 5) is 40.4. The lowest BCUT2D eigenvalue weighted by Gasteiger charge is -2.17. The van der Waals surface area contributed by atoms with E-state index in [1.165, 1.54) is 11.8 Å². The van der Waals surface area contributed by atoms with Crippen LogP contribution in [-0.4, -0.2) is 29.6 Å². The van der Waals surface area contributed by atoms with Crippen LogP contribution in [0.25, 0.3) is 6.08 Å². The molecular formula is C35H35N3O4S. The SMILES string of the molecule is CCOc1ccccc1NC(=O)C(CC)Sc1cccc(NC(=O)/C(=C\c2cccc(C)c2)NC(=O)c2ccccc2)c1. The van der Waals surface area contributed by atoms with Crippen molar-refractivity contribution in [2.45, 2.75) is 37.3 Å². The van der Waals surface area contributed by atoms with Gasteiger partial charge < -0.3 is 20.7 Å². The number of carbonyl (C=O) groups excluding carboxylic acids is 3. The molecule has 7 nitrogen and oxygen atoms in total. The van der Waals surface area contributed by atoms with Gasteiger partial charge in [0.2, 0.25) is 5.91 Å². The number of amides is 3. The first kappa shape index (κ1) is 31.1. The lowest BCUT2D eigenvalue weighted by atomic mass is 10.1. The number of hydrogen-bond acceptors (Lipinski definition) is 5. The minimum atomic E-state index is -0.467. The Bertz CT molecular complexity index is 1600. The summed E-state index contributed by atoms with van der Waals surface area (Å²) >= 11 is 1.41. The molecule has 0 aliphatic heterocycles. The highest BCUT2D eigenvalue weighted by Crippen LogP contribution is 2.30. The summed E-state index contributed by atoms with van der Waals surface area (Å²) < 4.78 is 5.64. The Hall–Kier alpha value is -4.82. The Kier molecular flexibility index (Phi) is 11.2. The average molecular weight is 594 g/mol. The Morgan fingerprint density at radius 1 is 0.837 bits per heavy atom. The molecule has 3 amide bonds. The van der Waals surface area contributed by atoms with Crippen LogP contribution < -0.4 is 20.7 Å². The molecule has 1 unspecified atom stereocenters. The number of benzene rings is 4. The van der Waals surface area contributed by atoms with Gasteiger partial charge in [-0.25, -0.2) is 0 Å². The zero-order chi connectivity index (χ0) is 30.6. The molecule has 220 valence electrons. The minimum Gasteiger partial charge on any atom is -0.492 e. The van der Waals surface area contributed by atoms with Gasteiger partial charge in [-0.3, -0.25) is 14.4 Å². The number of rotatable bonds is 12. The molecule has 0 bridgehead atoms. The van der Waals surface area contributed by atoms with E-state index in [0.29, 0.717) is 35.7 Å². The van der Waals surface area contributed by atoms with Gasteiger partial charge in [-0.15, -0.1) is 11.8 Å². The Morgan fingerprint density at radius 2 is 1.58 bits per heavy atom. The number of anilines is 2. The van der Waals surface area contributed by atoms with Crippen molar-refractivity contribution in [2.75, 3.05) is 17.2 Å². The predicted molar refractivity (Wildman–Crippen MR) is 174 cm³/mol. The quantitative estimate of drug-likeness (QED) is 0.118. The molecule has 0 aromatic heterocycles. The van der Waals surface area contributed by atoms with Crippen LogP contribution in [0.3, 0.4) is 0 Å². The molecule has 43 heavy (non-hydrogen) atoms. The lowest BCUT2D eigenvalue weighted by molar-refractivity contribution is -0.116. The molecule has 4 aromatic rings. The standard InChI is InChI=1S/C35H35N3O4S/c1-4-32(35(41)37-29-19-9-10-20-31(29)42-5-2)43-28-18-12-17-27(23-28)36-34(40)30(22-25-14-11-13-24(3)21-25)38-33(39)26-15-7-6-8-16-26/h6-23,32H,4-5H2,1-3H3,(H,36,40)(H,37,41)(H,38,39)/b30-22+. The molecule has 4 aromatic carbocycles. The zero-order valence-electron chi connectivity index (χ0n) is 24.4. The molecular weight excluding hydrogens is 558 g/mol. The number of carbonyl (C=O) groups is 3. The maximum atomic E-state index is 13.5. The number of nitrogens with one attached hydrogen (secondary N) is 3. The molecule has 0 heterocycles. The van der Waals surface area contributed by atoms with Crippen molar-refractivity contribution in [1.82, 2.24) is 5.32 Å².